The zero-order chi connectivity index (χ0) is 41.0. The van der Waals surface area contributed by atoms with Gasteiger partial charge < -0.3 is 25.1 Å². The number of ether oxygens (including phenoxy) is 2. The average molecular weight is 784 g/mol. The number of amides is 1. The van der Waals surface area contributed by atoms with E-state index in [-0.39, 0.29) is 48.0 Å². The zero-order valence-electron chi connectivity index (χ0n) is 33.5. The van der Waals surface area contributed by atoms with Gasteiger partial charge in [0, 0.05) is 12.7 Å². The summed E-state index contributed by atoms with van der Waals surface area (Å²) in [5.41, 5.74) is 10.0. The van der Waals surface area contributed by atoms with Crippen molar-refractivity contribution in [3.63, 3.8) is 0 Å². The number of carbonyl (C=O) groups excluding carboxylic acids is 2. The van der Waals surface area contributed by atoms with E-state index in [1.165, 1.54) is 10.6 Å². The minimum absolute atomic E-state index is 0.0365. The first kappa shape index (κ1) is 41.7. The van der Waals surface area contributed by atoms with Crippen molar-refractivity contribution in [1.29, 1.82) is 0 Å². The Bertz CT molecular complexity index is 2290. The van der Waals surface area contributed by atoms with Gasteiger partial charge in [-0.15, -0.1) is 0 Å². The number of carbonyl (C=O) groups is 2. The highest BCUT2D eigenvalue weighted by atomic mass is 32.2. The molecule has 4 aromatic rings. The lowest BCUT2D eigenvalue weighted by Gasteiger charge is -2.35. The molecule has 4 N–H and O–H groups in total. The van der Waals surface area contributed by atoms with Gasteiger partial charge in [0.05, 0.1) is 11.4 Å². The number of hydrogen-bond donors (Lipinski definition) is 3. The van der Waals surface area contributed by atoms with E-state index >= 15 is 0 Å². The summed E-state index contributed by atoms with van der Waals surface area (Å²) in [5.74, 6) is -0.991. The van der Waals surface area contributed by atoms with Gasteiger partial charge in [0.15, 0.2) is 0 Å². The number of benzene rings is 3. The van der Waals surface area contributed by atoms with Gasteiger partial charge in [-0.25, -0.2) is 17.9 Å². The van der Waals surface area contributed by atoms with E-state index in [1.807, 2.05) is 75.4 Å². The predicted molar refractivity (Wildman–Crippen MR) is 219 cm³/mol. The molecule has 5 rings (SSSR count). The Balaban J connectivity index is 1.25. The molecular weight excluding hydrogens is 731 g/mol. The van der Waals surface area contributed by atoms with Crippen molar-refractivity contribution in [3.8, 4) is 16.9 Å². The van der Waals surface area contributed by atoms with Gasteiger partial charge >= 0.3 is 5.97 Å². The molecule has 0 bridgehead atoms. The average Bonchev–Trinajstić information content (AvgIpc) is 3.12. The molecule has 2 heterocycles. The SMILES string of the molecule is Cc1c(C)c(S(=O)(=O)NC(N)=NCCC[C@H](NC(=O)c2cccn(Cc3ccc(-c4ccccc4)cc3)c2=O)C(=O)OC(C)(C)C)c(C)c2c1OC(C)(C)CC2. The van der Waals surface area contributed by atoms with E-state index in [0.29, 0.717) is 17.5 Å². The van der Waals surface area contributed by atoms with Gasteiger partial charge in [-0.05, 0) is 132 Å². The zero-order valence-corrected chi connectivity index (χ0v) is 34.3. The standard InChI is InChI=1S/C43H53N5O7S/c1-27-28(2)37(29(3)33-22-23-43(7,8)54-36(27)33)56(52,53)47-41(44)45-24-12-17-35(40(51)55-42(4,5)6)46-38(49)34-16-13-25-48(39(34)50)26-30-18-20-32(21-19-30)31-14-10-9-11-15-31/h9-11,13-16,18-21,25,35H,12,17,22-24,26H2,1-8H3,(H,46,49)(H3,44,45,47)/t35-/m0/s1. The van der Waals surface area contributed by atoms with Crippen LogP contribution >= 0.6 is 0 Å². The first-order valence-corrected chi connectivity index (χ1v) is 20.3. The molecule has 0 saturated carbocycles. The quantitative estimate of drug-likeness (QED) is 0.0669. The molecule has 1 atom stereocenters. The van der Waals surface area contributed by atoms with Gasteiger partial charge in [-0.3, -0.25) is 14.6 Å². The van der Waals surface area contributed by atoms with Gasteiger partial charge in [-0.1, -0.05) is 54.6 Å². The minimum atomic E-state index is -4.10. The van der Waals surface area contributed by atoms with Gasteiger partial charge in [-0.2, -0.15) is 0 Å². The highest BCUT2D eigenvalue weighted by Gasteiger charge is 2.34. The summed E-state index contributed by atoms with van der Waals surface area (Å²) in [7, 11) is -4.10. The predicted octanol–water partition coefficient (Wildman–Crippen LogP) is 6.11. The molecule has 0 saturated heterocycles. The second-order valence-corrected chi connectivity index (χ2v) is 17.5. The maximum absolute atomic E-state index is 13.6. The summed E-state index contributed by atoms with van der Waals surface area (Å²) in [6.07, 6.45) is 3.35. The molecule has 1 amide bonds. The molecule has 3 aromatic carbocycles. The van der Waals surface area contributed by atoms with Crippen molar-refractivity contribution in [1.82, 2.24) is 14.6 Å². The van der Waals surface area contributed by atoms with E-state index in [1.54, 1.807) is 46.9 Å². The van der Waals surface area contributed by atoms with Crippen molar-refractivity contribution < 1.29 is 27.5 Å². The van der Waals surface area contributed by atoms with E-state index in [9.17, 15) is 22.8 Å². The van der Waals surface area contributed by atoms with Crippen LogP contribution in [-0.4, -0.2) is 54.6 Å². The third kappa shape index (κ3) is 10.1. The Morgan fingerprint density at radius 3 is 2.29 bits per heavy atom. The monoisotopic (exact) mass is 783 g/mol. The Labute approximate surface area is 329 Å². The molecule has 1 aliphatic heterocycles. The second kappa shape index (κ2) is 16.7. The minimum Gasteiger partial charge on any atom is -0.487 e. The van der Waals surface area contributed by atoms with Crippen LogP contribution in [0.5, 0.6) is 5.75 Å². The smallest absolute Gasteiger partial charge is 0.329 e. The number of fused-ring (bicyclic) bond motifs is 1. The Hall–Kier alpha value is -5.43. The fourth-order valence-electron chi connectivity index (χ4n) is 6.79. The lowest BCUT2D eigenvalue weighted by molar-refractivity contribution is -0.157. The number of rotatable bonds is 12. The van der Waals surface area contributed by atoms with E-state index in [2.05, 4.69) is 15.0 Å². The lowest BCUT2D eigenvalue weighted by Crippen LogP contribution is -2.46. The molecule has 0 unspecified atom stereocenters. The van der Waals surface area contributed by atoms with Gasteiger partial charge in [0.25, 0.3) is 21.5 Å². The summed E-state index contributed by atoms with van der Waals surface area (Å²) >= 11 is 0. The highest BCUT2D eigenvalue weighted by molar-refractivity contribution is 7.90. The van der Waals surface area contributed by atoms with Crippen LogP contribution in [0.1, 0.15) is 92.1 Å². The first-order valence-electron chi connectivity index (χ1n) is 18.8. The summed E-state index contributed by atoms with van der Waals surface area (Å²) in [5, 5.41) is 2.68. The fraction of sp³-hybridized carbons (Fsp3) is 0.395. The third-order valence-corrected chi connectivity index (χ3v) is 11.4. The first-order chi connectivity index (χ1) is 26.3. The van der Waals surface area contributed by atoms with Crippen LogP contribution in [0.4, 0.5) is 0 Å². The maximum Gasteiger partial charge on any atom is 0.329 e. The molecule has 0 radical (unpaired) electrons. The second-order valence-electron chi connectivity index (χ2n) is 15.9. The molecule has 56 heavy (non-hydrogen) atoms. The Morgan fingerprint density at radius 1 is 0.964 bits per heavy atom. The number of nitrogens with one attached hydrogen (secondary N) is 2. The summed E-state index contributed by atoms with van der Waals surface area (Å²) in [6.45, 7) is 14.8. The third-order valence-electron chi connectivity index (χ3n) is 9.78. The molecule has 12 nitrogen and oxygen atoms in total. The van der Waals surface area contributed by atoms with Crippen LogP contribution in [0.25, 0.3) is 11.1 Å². The largest absolute Gasteiger partial charge is 0.487 e. The van der Waals surface area contributed by atoms with Crippen LogP contribution in [0, 0.1) is 20.8 Å². The summed E-state index contributed by atoms with van der Waals surface area (Å²) in [4.78, 5) is 44.6. The summed E-state index contributed by atoms with van der Waals surface area (Å²) in [6, 6.07) is 19.7. The number of esters is 1. The molecule has 0 aliphatic carbocycles. The van der Waals surface area contributed by atoms with Crippen molar-refractivity contribution in [3.05, 3.63) is 117 Å². The molecule has 13 heteroatoms. The molecule has 1 aromatic heterocycles. The molecule has 0 spiro atoms. The number of pyridine rings is 1. The molecule has 0 fully saturated rings. The van der Waals surface area contributed by atoms with Crippen molar-refractivity contribution in [2.45, 2.75) is 110 Å². The number of aromatic nitrogens is 1. The van der Waals surface area contributed by atoms with Crippen LogP contribution in [0.3, 0.4) is 0 Å². The van der Waals surface area contributed by atoms with Crippen LogP contribution in [0.2, 0.25) is 0 Å². The number of aliphatic imine (C=N–C) groups is 1. The molecule has 298 valence electrons. The van der Waals surface area contributed by atoms with Crippen LogP contribution in [0.15, 0.2) is 87.6 Å². The topological polar surface area (TPSA) is 171 Å². The Kier molecular flexibility index (Phi) is 12.5. The number of hydrogen-bond acceptors (Lipinski definition) is 8. The number of guanidine groups is 1. The molecule has 1 aliphatic rings. The van der Waals surface area contributed by atoms with Crippen LogP contribution in [-0.2, 0) is 32.5 Å². The van der Waals surface area contributed by atoms with Crippen molar-refractivity contribution in [2.24, 2.45) is 10.7 Å². The van der Waals surface area contributed by atoms with Crippen molar-refractivity contribution >= 4 is 27.9 Å². The number of nitrogens with zero attached hydrogens (tertiary/aromatic N) is 2. The van der Waals surface area contributed by atoms with Gasteiger partial charge in [0.1, 0.15) is 28.6 Å². The van der Waals surface area contributed by atoms with E-state index in [4.69, 9.17) is 15.2 Å². The molecular formula is C43H53N5O7S. The normalized spacial score (nSPS) is 14.6. The number of nitrogens with two attached hydrogens (primary N) is 1. The Morgan fingerprint density at radius 2 is 1.62 bits per heavy atom. The van der Waals surface area contributed by atoms with E-state index in [0.717, 1.165) is 40.0 Å². The van der Waals surface area contributed by atoms with Crippen LogP contribution < -0.4 is 26.1 Å². The van der Waals surface area contributed by atoms with Gasteiger partial charge in [0.2, 0.25) is 5.96 Å². The highest BCUT2D eigenvalue weighted by Crippen LogP contribution is 2.42. The fourth-order valence-corrected chi connectivity index (χ4v) is 8.31. The lowest BCUT2D eigenvalue weighted by atomic mass is 9.88. The van der Waals surface area contributed by atoms with E-state index < -0.39 is 39.1 Å². The summed E-state index contributed by atoms with van der Waals surface area (Å²) < 4.78 is 43.0. The van der Waals surface area contributed by atoms with Crippen molar-refractivity contribution in [2.75, 3.05) is 6.54 Å². The number of sulfonamides is 1. The maximum atomic E-state index is 13.6.